The monoisotopic (exact) mass is 413 g/mol. The number of carboxylic acids is 1. The number of anilines is 1. The maximum absolute atomic E-state index is 14.9. The van der Waals surface area contributed by atoms with E-state index in [1.807, 2.05) is 4.90 Å². The number of hydrogen-bond acceptors (Lipinski definition) is 4. The van der Waals surface area contributed by atoms with Gasteiger partial charge in [-0.05, 0) is 29.8 Å². The van der Waals surface area contributed by atoms with Crippen LogP contribution in [0.3, 0.4) is 0 Å². The highest BCUT2D eigenvalue weighted by Gasteiger charge is 2.19. The third-order valence-electron chi connectivity index (χ3n) is 5.29. The molecule has 0 bridgehead atoms. The van der Waals surface area contributed by atoms with E-state index in [2.05, 4.69) is 5.32 Å². The van der Waals surface area contributed by atoms with Crippen LogP contribution in [0.2, 0.25) is 0 Å². The van der Waals surface area contributed by atoms with E-state index in [4.69, 9.17) is 5.11 Å². The molecule has 0 saturated carbocycles. The van der Waals surface area contributed by atoms with E-state index in [-0.39, 0.29) is 23.3 Å². The summed E-state index contributed by atoms with van der Waals surface area (Å²) < 4.78 is 29.9. The van der Waals surface area contributed by atoms with Gasteiger partial charge in [0.15, 0.2) is 5.43 Å². The summed E-state index contributed by atoms with van der Waals surface area (Å²) in [5.74, 6) is -2.02. The quantitative estimate of drug-likeness (QED) is 0.672. The summed E-state index contributed by atoms with van der Waals surface area (Å²) >= 11 is 0. The van der Waals surface area contributed by atoms with Gasteiger partial charge in [0.25, 0.3) is 0 Å². The first-order valence-corrected chi connectivity index (χ1v) is 9.70. The van der Waals surface area contributed by atoms with Gasteiger partial charge in [-0.15, -0.1) is 0 Å². The second-order valence-corrected chi connectivity index (χ2v) is 7.37. The smallest absolute Gasteiger partial charge is 0.308 e. The van der Waals surface area contributed by atoms with Crippen molar-refractivity contribution in [2.45, 2.75) is 13.0 Å². The SMILES string of the molecule is O=C(O)Cc1cn(Cc2ccc(F)cc2)c2cc(N3CCNCC3)c(F)cc2c1=O. The van der Waals surface area contributed by atoms with Crippen molar-refractivity contribution in [1.82, 2.24) is 9.88 Å². The number of nitrogens with zero attached hydrogens (tertiary/aromatic N) is 2. The van der Waals surface area contributed by atoms with E-state index in [1.54, 1.807) is 22.8 Å². The molecule has 1 aromatic heterocycles. The lowest BCUT2D eigenvalue weighted by molar-refractivity contribution is -0.136. The highest BCUT2D eigenvalue weighted by molar-refractivity contribution is 5.85. The van der Waals surface area contributed by atoms with Gasteiger partial charge in [-0.25, -0.2) is 8.78 Å². The van der Waals surface area contributed by atoms with Crippen LogP contribution in [0.5, 0.6) is 0 Å². The summed E-state index contributed by atoms with van der Waals surface area (Å²) in [4.78, 5) is 26.0. The van der Waals surface area contributed by atoms with Crippen LogP contribution in [0.25, 0.3) is 10.9 Å². The van der Waals surface area contributed by atoms with E-state index in [9.17, 15) is 18.4 Å². The van der Waals surface area contributed by atoms with Gasteiger partial charge < -0.3 is 19.9 Å². The summed E-state index contributed by atoms with van der Waals surface area (Å²) in [6, 6.07) is 8.76. The average Bonchev–Trinajstić information content (AvgIpc) is 2.73. The standard InChI is InChI=1S/C22H21F2N3O3/c23-16-3-1-14(2-4-16)12-27-13-15(9-21(28)29)22(30)17-10-18(24)20(11-19(17)27)26-7-5-25-6-8-26/h1-4,10-11,13,25H,5-9,12H2,(H,28,29). The molecule has 0 amide bonds. The van der Waals surface area contributed by atoms with E-state index >= 15 is 0 Å². The van der Waals surface area contributed by atoms with Gasteiger partial charge in [0.1, 0.15) is 11.6 Å². The Morgan fingerprint density at radius 1 is 1.10 bits per heavy atom. The molecule has 2 heterocycles. The molecule has 0 unspecified atom stereocenters. The fourth-order valence-electron chi connectivity index (χ4n) is 3.81. The molecule has 3 aromatic rings. The molecule has 4 rings (SSSR count). The maximum atomic E-state index is 14.9. The Kier molecular flexibility index (Phi) is 5.50. The van der Waals surface area contributed by atoms with Crippen LogP contribution < -0.4 is 15.6 Å². The normalized spacial score (nSPS) is 14.3. The van der Waals surface area contributed by atoms with Gasteiger partial charge in [0, 0.05) is 49.9 Å². The van der Waals surface area contributed by atoms with E-state index < -0.39 is 23.6 Å². The third-order valence-corrected chi connectivity index (χ3v) is 5.29. The Morgan fingerprint density at radius 3 is 2.47 bits per heavy atom. The molecule has 1 aliphatic rings. The molecule has 30 heavy (non-hydrogen) atoms. The zero-order valence-electron chi connectivity index (χ0n) is 16.2. The van der Waals surface area contributed by atoms with E-state index in [0.717, 1.165) is 18.7 Å². The van der Waals surface area contributed by atoms with Crippen LogP contribution >= 0.6 is 0 Å². The number of benzene rings is 2. The minimum atomic E-state index is -1.14. The number of piperazine rings is 1. The Bertz CT molecular complexity index is 1150. The Hall–Kier alpha value is -3.26. The van der Waals surface area contributed by atoms with Crippen LogP contribution in [-0.2, 0) is 17.8 Å². The van der Waals surface area contributed by atoms with Crippen LogP contribution in [0.4, 0.5) is 14.5 Å². The van der Waals surface area contributed by atoms with Crippen molar-refractivity contribution in [1.29, 1.82) is 0 Å². The zero-order valence-corrected chi connectivity index (χ0v) is 16.2. The lowest BCUT2D eigenvalue weighted by atomic mass is 10.1. The number of nitrogens with one attached hydrogen (secondary N) is 1. The lowest BCUT2D eigenvalue weighted by Gasteiger charge is -2.30. The van der Waals surface area contributed by atoms with Gasteiger partial charge >= 0.3 is 5.97 Å². The van der Waals surface area contributed by atoms with Crippen LogP contribution in [0.15, 0.2) is 47.4 Å². The number of carbonyl (C=O) groups is 1. The van der Waals surface area contributed by atoms with E-state index in [0.29, 0.717) is 24.3 Å². The molecule has 1 aliphatic heterocycles. The highest BCUT2D eigenvalue weighted by atomic mass is 19.1. The molecule has 2 N–H and O–H groups in total. The number of pyridine rings is 1. The first-order valence-electron chi connectivity index (χ1n) is 9.70. The summed E-state index contributed by atoms with van der Waals surface area (Å²) in [7, 11) is 0. The molecule has 8 heteroatoms. The van der Waals surface area contributed by atoms with Crippen molar-refractivity contribution >= 4 is 22.6 Å². The van der Waals surface area contributed by atoms with E-state index in [1.165, 1.54) is 24.4 Å². The summed E-state index contributed by atoms with van der Waals surface area (Å²) in [6.07, 6.45) is 1.04. The van der Waals surface area contributed by atoms with Gasteiger partial charge in [-0.3, -0.25) is 9.59 Å². The molecule has 0 radical (unpaired) electrons. The second-order valence-electron chi connectivity index (χ2n) is 7.37. The fourth-order valence-corrected chi connectivity index (χ4v) is 3.81. The highest BCUT2D eigenvalue weighted by Crippen LogP contribution is 2.26. The Labute approximate surface area is 171 Å². The Balaban J connectivity index is 1.88. The number of aliphatic carboxylic acids is 1. The molecule has 6 nitrogen and oxygen atoms in total. The van der Waals surface area contributed by atoms with Crippen molar-refractivity contribution in [3.05, 3.63) is 75.6 Å². The van der Waals surface area contributed by atoms with Crippen LogP contribution in [0, 0.1) is 11.6 Å². The molecule has 2 aromatic carbocycles. The third kappa shape index (κ3) is 4.04. The number of halogens is 2. The van der Waals surface area contributed by atoms with Gasteiger partial charge in [0.2, 0.25) is 0 Å². The zero-order chi connectivity index (χ0) is 21.3. The number of fused-ring (bicyclic) bond motifs is 1. The summed E-state index contributed by atoms with van der Waals surface area (Å²) in [5.41, 5.74) is 1.27. The predicted molar refractivity (Wildman–Crippen MR) is 110 cm³/mol. The fraction of sp³-hybridized carbons (Fsp3) is 0.273. The van der Waals surface area contributed by atoms with Crippen molar-refractivity contribution < 1.29 is 18.7 Å². The molecular weight excluding hydrogens is 392 g/mol. The topological polar surface area (TPSA) is 74.6 Å². The number of carboxylic acid groups (broad SMARTS) is 1. The van der Waals surface area contributed by atoms with Crippen molar-refractivity contribution in [3.63, 3.8) is 0 Å². The van der Waals surface area contributed by atoms with Crippen molar-refractivity contribution in [2.75, 3.05) is 31.1 Å². The van der Waals surface area contributed by atoms with Gasteiger partial charge in [0.05, 0.1) is 17.6 Å². The maximum Gasteiger partial charge on any atom is 0.308 e. The van der Waals surface area contributed by atoms with Gasteiger partial charge in [-0.2, -0.15) is 0 Å². The number of rotatable bonds is 5. The van der Waals surface area contributed by atoms with Crippen molar-refractivity contribution in [2.24, 2.45) is 0 Å². The Morgan fingerprint density at radius 2 is 1.80 bits per heavy atom. The molecule has 0 aliphatic carbocycles. The molecule has 0 spiro atoms. The first kappa shape index (κ1) is 20.0. The first-order chi connectivity index (χ1) is 14.4. The summed E-state index contributed by atoms with van der Waals surface area (Å²) in [6.45, 7) is 3.04. The predicted octanol–water partition coefficient (Wildman–Crippen LogP) is 2.36. The number of hydrogen-bond donors (Lipinski definition) is 2. The van der Waals surface area contributed by atoms with Crippen molar-refractivity contribution in [3.8, 4) is 0 Å². The largest absolute Gasteiger partial charge is 0.481 e. The minimum Gasteiger partial charge on any atom is -0.481 e. The molecular formula is C22H21F2N3O3. The molecule has 1 saturated heterocycles. The molecule has 1 fully saturated rings. The average molecular weight is 413 g/mol. The minimum absolute atomic E-state index is 0.0754. The van der Waals surface area contributed by atoms with Crippen LogP contribution in [0.1, 0.15) is 11.1 Å². The van der Waals surface area contributed by atoms with Gasteiger partial charge in [-0.1, -0.05) is 12.1 Å². The van der Waals surface area contributed by atoms with Crippen LogP contribution in [-0.4, -0.2) is 41.8 Å². The molecule has 156 valence electrons. The second kappa shape index (κ2) is 8.23. The lowest BCUT2D eigenvalue weighted by Crippen LogP contribution is -2.43. The summed E-state index contributed by atoms with van der Waals surface area (Å²) in [5, 5.41) is 12.5. The molecule has 0 atom stereocenters. The number of aromatic nitrogens is 1.